The van der Waals surface area contributed by atoms with E-state index in [1.54, 1.807) is 11.8 Å². The Morgan fingerprint density at radius 2 is 1.89 bits per heavy atom. The number of benzene rings is 1. The first-order valence-corrected chi connectivity index (χ1v) is 7.15. The van der Waals surface area contributed by atoms with Gasteiger partial charge in [-0.15, -0.1) is 0 Å². The Kier molecular flexibility index (Phi) is 3.70. The van der Waals surface area contributed by atoms with E-state index in [0.717, 1.165) is 22.2 Å². The molecule has 2 heterocycles. The van der Waals surface area contributed by atoms with Crippen LogP contribution in [0.2, 0.25) is 0 Å². The zero-order valence-corrected chi connectivity index (χ0v) is 11.2. The molecule has 3 rings (SSSR count). The average molecular weight is 270 g/mol. The van der Waals surface area contributed by atoms with Crippen LogP contribution in [0.15, 0.2) is 66.1 Å². The number of rotatable bonds is 5. The Balaban J connectivity index is 1.55. The molecule has 4 heteroatoms. The molecule has 0 fully saturated rings. The predicted molar refractivity (Wildman–Crippen MR) is 77.9 cm³/mol. The molecule has 0 atom stereocenters. The molecule has 3 aromatic rings. The molecular weight excluding hydrogens is 256 g/mol. The molecule has 2 aromatic heterocycles. The summed E-state index contributed by atoms with van der Waals surface area (Å²) >= 11 is 1.70. The molecule has 0 aliphatic carbocycles. The average Bonchev–Trinajstić information content (AvgIpc) is 2.88. The van der Waals surface area contributed by atoms with Crippen LogP contribution in [0.3, 0.4) is 0 Å². The molecule has 0 unspecified atom stereocenters. The van der Waals surface area contributed by atoms with Gasteiger partial charge in [0.2, 0.25) is 0 Å². The number of aromatic nitrogens is 2. The molecule has 96 valence electrons. The molecule has 0 aliphatic heterocycles. The maximum atomic E-state index is 5.66. The topological polar surface area (TPSA) is 26.5 Å². The first-order valence-electron chi connectivity index (χ1n) is 6.16. The molecule has 0 saturated carbocycles. The lowest BCUT2D eigenvalue weighted by Gasteiger charge is -2.05. The van der Waals surface area contributed by atoms with Crippen LogP contribution in [0.5, 0.6) is 5.75 Å². The van der Waals surface area contributed by atoms with E-state index in [4.69, 9.17) is 4.74 Å². The number of hydrogen-bond acceptors (Lipinski definition) is 3. The van der Waals surface area contributed by atoms with Crippen LogP contribution in [0, 0.1) is 0 Å². The van der Waals surface area contributed by atoms with E-state index in [9.17, 15) is 0 Å². The highest BCUT2D eigenvalue weighted by Gasteiger charge is 2.03. The van der Waals surface area contributed by atoms with Gasteiger partial charge in [-0.1, -0.05) is 36.0 Å². The molecule has 0 radical (unpaired) electrons. The van der Waals surface area contributed by atoms with Gasteiger partial charge < -0.3 is 4.74 Å². The Hall–Kier alpha value is -1.94. The summed E-state index contributed by atoms with van der Waals surface area (Å²) in [5.74, 6) is 1.79. The fourth-order valence-electron chi connectivity index (χ4n) is 1.84. The third kappa shape index (κ3) is 2.90. The van der Waals surface area contributed by atoms with Crippen LogP contribution < -0.4 is 4.74 Å². The van der Waals surface area contributed by atoms with E-state index in [0.29, 0.717) is 6.61 Å². The van der Waals surface area contributed by atoms with E-state index >= 15 is 0 Å². The highest BCUT2D eigenvalue weighted by atomic mass is 32.2. The summed E-state index contributed by atoms with van der Waals surface area (Å²) in [7, 11) is 0. The molecule has 0 amide bonds. The second kappa shape index (κ2) is 5.80. The van der Waals surface area contributed by atoms with Gasteiger partial charge in [0, 0.05) is 11.9 Å². The van der Waals surface area contributed by atoms with E-state index in [1.165, 1.54) is 0 Å². The summed E-state index contributed by atoms with van der Waals surface area (Å²) in [4.78, 5) is 4.41. The Morgan fingerprint density at radius 3 is 2.79 bits per heavy atom. The highest BCUT2D eigenvalue weighted by Crippen LogP contribution is 2.18. The van der Waals surface area contributed by atoms with Crippen molar-refractivity contribution in [2.75, 3.05) is 12.4 Å². The first kappa shape index (κ1) is 12.1. The van der Waals surface area contributed by atoms with Crippen molar-refractivity contribution in [2.24, 2.45) is 0 Å². The summed E-state index contributed by atoms with van der Waals surface area (Å²) in [5, 5.41) is 1.01. The van der Waals surface area contributed by atoms with Gasteiger partial charge in [-0.05, 0) is 24.3 Å². The molecule has 3 nitrogen and oxygen atoms in total. The van der Waals surface area contributed by atoms with Crippen LogP contribution >= 0.6 is 11.8 Å². The number of fused-ring (bicyclic) bond motifs is 1. The highest BCUT2D eigenvalue weighted by molar-refractivity contribution is 7.99. The summed E-state index contributed by atoms with van der Waals surface area (Å²) in [6.45, 7) is 0.677. The summed E-state index contributed by atoms with van der Waals surface area (Å²) in [5.41, 5.74) is 1.12. The number of pyridine rings is 1. The van der Waals surface area contributed by atoms with Crippen LogP contribution in [0.25, 0.3) is 5.52 Å². The molecule has 0 N–H and O–H groups in total. The molecular formula is C15H14N2OS. The van der Waals surface area contributed by atoms with Gasteiger partial charge in [0.15, 0.2) is 5.16 Å². The molecule has 0 aliphatic rings. The second-order valence-corrected chi connectivity index (χ2v) is 5.11. The maximum absolute atomic E-state index is 5.66. The number of imidazole rings is 1. The molecule has 0 saturated heterocycles. The van der Waals surface area contributed by atoms with Crippen molar-refractivity contribution in [1.82, 2.24) is 9.38 Å². The van der Waals surface area contributed by atoms with Gasteiger partial charge in [-0.3, -0.25) is 4.40 Å². The molecule has 0 bridgehead atoms. The number of thioether (sulfide) groups is 1. The monoisotopic (exact) mass is 270 g/mol. The minimum Gasteiger partial charge on any atom is -0.493 e. The van der Waals surface area contributed by atoms with Gasteiger partial charge in [0.05, 0.1) is 18.3 Å². The van der Waals surface area contributed by atoms with E-state index < -0.39 is 0 Å². The number of nitrogens with zero attached hydrogens (tertiary/aromatic N) is 2. The normalized spacial score (nSPS) is 10.7. The molecule has 1 aromatic carbocycles. The van der Waals surface area contributed by atoms with E-state index in [2.05, 4.69) is 15.5 Å². The quantitative estimate of drug-likeness (QED) is 0.524. The maximum Gasteiger partial charge on any atom is 0.172 e. The number of para-hydroxylation sites is 1. The van der Waals surface area contributed by atoms with Gasteiger partial charge in [0.25, 0.3) is 0 Å². The van der Waals surface area contributed by atoms with Crippen LogP contribution in [-0.4, -0.2) is 21.7 Å². The van der Waals surface area contributed by atoms with Crippen LogP contribution in [0.1, 0.15) is 0 Å². The standard InChI is InChI=1S/C15H14N2OS/c1-2-7-14(8-3-1)18-10-11-19-15-16-12-13-6-4-5-9-17(13)15/h1-9,12H,10-11H2. The van der Waals surface area contributed by atoms with E-state index in [-0.39, 0.29) is 0 Å². The van der Waals surface area contributed by atoms with Crippen LogP contribution in [-0.2, 0) is 0 Å². The van der Waals surface area contributed by atoms with Gasteiger partial charge in [-0.2, -0.15) is 0 Å². The third-order valence-corrected chi connectivity index (χ3v) is 3.66. The number of hydrogen-bond donors (Lipinski definition) is 0. The van der Waals surface area contributed by atoms with Gasteiger partial charge in [0.1, 0.15) is 5.75 Å². The van der Waals surface area contributed by atoms with Crippen molar-refractivity contribution >= 4 is 17.3 Å². The molecule has 0 spiro atoms. The summed E-state index contributed by atoms with van der Waals surface area (Å²) < 4.78 is 7.75. The van der Waals surface area contributed by atoms with Gasteiger partial charge >= 0.3 is 0 Å². The zero-order valence-electron chi connectivity index (χ0n) is 10.4. The van der Waals surface area contributed by atoms with Crippen molar-refractivity contribution in [3.05, 3.63) is 60.9 Å². The predicted octanol–water partition coefficient (Wildman–Crippen LogP) is 3.51. The van der Waals surface area contributed by atoms with Crippen molar-refractivity contribution in [3.63, 3.8) is 0 Å². The Morgan fingerprint density at radius 1 is 1.05 bits per heavy atom. The second-order valence-electron chi connectivity index (χ2n) is 4.05. The Bertz CT molecular complexity index is 651. The van der Waals surface area contributed by atoms with Crippen molar-refractivity contribution in [2.45, 2.75) is 5.16 Å². The van der Waals surface area contributed by atoms with Crippen molar-refractivity contribution < 1.29 is 4.74 Å². The summed E-state index contributed by atoms with van der Waals surface area (Å²) in [6.07, 6.45) is 3.92. The SMILES string of the molecule is c1ccc(OCCSc2ncc3ccccn23)cc1. The van der Waals surface area contributed by atoms with Crippen molar-refractivity contribution in [3.8, 4) is 5.75 Å². The largest absolute Gasteiger partial charge is 0.493 e. The van der Waals surface area contributed by atoms with Crippen molar-refractivity contribution in [1.29, 1.82) is 0 Å². The number of ether oxygens (including phenoxy) is 1. The lowest BCUT2D eigenvalue weighted by atomic mass is 10.3. The lowest BCUT2D eigenvalue weighted by Crippen LogP contribution is -2.00. The Labute approximate surface area is 116 Å². The third-order valence-electron chi connectivity index (χ3n) is 2.73. The smallest absolute Gasteiger partial charge is 0.172 e. The first-order chi connectivity index (χ1) is 9.43. The summed E-state index contributed by atoms with van der Waals surface area (Å²) in [6, 6.07) is 16.0. The molecule has 19 heavy (non-hydrogen) atoms. The fourth-order valence-corrected chi connectivity index (χ4v) is 2.62. The lowest BCUT2D eigenvalue weighted by molar-refractivity contribution is 0.344. The van der Waals surface area contributed by atoms with E-state index in [1.807, 2.05) is 54.9 Å². The minimum atomic E-state index is 0.677. The zero-order chi connectivity index (χ0) is 12.9. The fraction of sp³-hybridized carbons (Fsp3) is 0.133. The minimum absolute atomic E-state index is 0.677. The van der Waals surface area contributed by atoms with Crippen LogP contribution in [0.4, 0.5) is 0 Å². The van der Waals surface area contributed by atoms with Gasteiger partial charge in [-0.25, -0.2) is 4.98 Å².